The monoisotopic (exact) mass is 449 g/mol. The first-order chi connectivity index (χ1) is 15.7. The number of methoxy groups -OCH3 is 1. The summed E-state index contributed by atoms with van der Waals surface area (Å²) >= 11 is 1.31. The minimum Gasteiger partial charge on any atom is -0.497 e. The number of amides is 1. The highest BCUT2D eigenvalue weighted by atomic mass is 32.2. The molecule has 4 aromatic rings. The fourth-order valence-electron chi connectivity index (χ4n) is 3.09. The normalized spacial score (nSPS) is 10.7. The van der Waals surface area contributed by atoms with Crippen molar-refractivity contribution in [2.45, 2.75) is 12.1 Å². The molecule has 9 heteroatoms. The Bertz CT molecular complexity index is 1170. The lowest BCUT2D eigenvalue weighted by Gasteiger charge is -2.12. The lowest BCUT2D eigenvalue weighted by atomic mass is 10.2. The molecule has 0 spiro atoms. The Balaban J connectivity index is 1.51. The molecule has 164 valence electrons. The van der Waals surface area contributed by atoms with Gasteiger partial charge in [-0.15, -0.1) is 10.2 Å². The van der Waals surface area contributed by atoms with E-state index in [4.69, 9.17) is 9.47 Å². The summed E-state index contributed by atoms with van der Waals surface area (Å²) in [5.41, 5.74) is 1.57. The van der Waals surface area contributed by atoms with Crippen LogP contribution in [0.2, 0.25) is 0 Å². The summed E-state index contributed by atoms with van der Waals surface area (Å²) in [6.07, 6.45) is 3.80. The summed E-state index contributed by atoms with van der Waals surface area (Å²) in [5.74, 6) is 2.20. The lowest BCUT2D eigenvalue weighted by molar-refractivity contribution is -0.113. The molecule has 2 aromatic carbocycles. The van der Waals surface area contributed by atoms with Gasteiger partial charge in [-0.05, 0) is 55.5 Å². The Kier molecular flexibility index (Phi) is 6.76. The van der Waals surface area contributed by atoms with Gasteiger partial charge in [0, 0.05) is 23.6 Å². The smallest absolute Gasteiger partial charge is 0.234 e. The van der Waals surface area contributed by atoms with Gasteiger partial charge < -0.3 is 14.8 Å². The maximum Gasteiger partial charge on any atom is 0.234 e. The number of benzene rings is 2. The summed E-state index contributed by atoms with van der Waals surface area (Å²) in [6, 6.07) is 18.8. The highest BCUT2D eigenvalue weighted by Crippen LogP contribution is 2.27. The molecule has 2 heterocycles. The number of rotatable bonds is 9. The van der Waals surface area contributed by atoms with Crippen LogP contribution < -0.4 is 14.8 Å². The Labute approximate surface area is 190 Å². The average Bonchev–Trinajstić information content (AvgIpc) is 3.49. The van der Waals surface area contributed by atoms with Gasteiger partial charge in [0.1, 0.15) is 11.5 Å². The second-order valence-electron chi connectivity index (χ2n) is 6.71. The van der Waals surface area contributed by atoms with Gasteiger partial charge in [-0.2, -0.15) is 0 Å². The zero-order valence-electron chi connectivity index (χ0n) is 17.8. The number of nitrogens with zero attached hydrogens (tertiary/aromatic N) is 4. The molecule has 0 aliphatic rings. The number of hydrogen-bond acceptors (Lipinski definition) is 6. The predicted octanol–water partition coefficient (Wildman–Crippen LogP) is 4.20. The van der Waals surface area contributed by atoms with Gasteiger partial charge in [-0.3, -0.25) is 9.47 Å². The molecule has 2 aromatic heterocycles. The van der Waals surface area contributed by atoms with E-state index < -0.39 is 0 Å². The molecule has 32 heavy (non-hydrogen) atoms. The first-order valence-electron chi connectivity index (χ1n) is 10.1. The summed E-state index contributed by atoms with van der Waals surface area (Å²) < 4.78 is 14.5. The highest BCUT2D eigenvalue weighted by molar-refractivity contribution is 7.99. The molecule has 4 rings (SSSR count). The number of hydrogen-bond donors (Lipinski definition) is 1. The number of nitrogens with one attached hydrogen (secondary N) is 1. The molecule has 0 aliphatic heterocycles. The van der Waals surface area contributed by atoms with E-state index in [9.17, 15) is 4.79 Å². The molecule has 0 atom stereocenters. The standard InChI is InChI=1S/C23H23N5O3S/c1-3-31-19-11-9-18(10-12-19)24-21(29)16-32-23-26-25-22(28(23)27-13-4-5-14-27)17-7-6-8-20(15-17)30-2/h4-15H,3,16H2,1-2H3,(H,24,29). The van der Waals surface area contributed by atoms with Crippen molar-refractivity contribution >= 4 is 23.4 Å². The second kappa shape index (κ2) is 10.1. The number of carbonyl (C=O) groups excluding carboxylic acids is 1. The third-order valence-electron chi connectivity index (χ3n) is 4.54. The zero-order valence-corrected chi connectivity index (χ0v) is 18.6. The molecule has 0 aliphatic carbocycles. The van der Waals surface area contributed by atoms with Crippen LogP contribution in [0.4, 0.5) is 5.69 Å². The van der Waals surface area contributed by atoms with E-state index in [1.807, 2.05) is 89.3 Å². The maximum absolute atomic E-state index is 12.5. The molecule has 1 N–H and O–H groups in total. The van der Waals surface area contributed by atoms with Crippen LogP contribution in [-0.2, 0) is 4.79 Å². The lowest BCUT2D eigenvalue weighted by Crippen LogP contribution is -2.15. The Morgan fingerprint density at radius 3 is 2.53 bits per heavy atom. The summed E-state index contributed by atoms with van der Waals surface area (Å²) in [6.45, 7) is 2.53. The van der Waals surface area contributed by atoms with Gasteiger partial charge in [0.2, 0.25) is 11.1 Å². The van der Waals surface area contributed by atoms with E-state index in [1.54, 1.807) is 7.11 Å². The van der Waals surface area contributed by atoms with Crippen LogP contribution >= 0.6 is 11.8 Å². The summed E-state index contributed by atoms with van der Waals surface area (Å²) in [5, 5.41) is 12.2. The maximum atomic E-state index is 12.5. The van der Waals surface area contributed by atoms with Crippen LogP contribution in [0.15, 0.2) is 78.2 Å². The SMILES string of the molecule is CCOc1ccc(NC(=O)CSc2nnc(-c3cccc(OC)c3)n2-n2cccc2)cc1. The van der Waals surface area contributed by atoms with E-state index >= 15 is 0 Å². The summed E-state index contributed by atoms with van der Waals surface area (Å²) in [7, 11) is 1.63. The Morgan fingerprint density at radius 2 is 1.81 bits per heavy atom. The molecule has 1 amide bonds. The molecule has 0 saturated carbocycles. The number of carbonyl (C=O) groups is 1. The largest absolute Gasteiger partial charge is 0.497 e. The molecule has 0 radical (unpaired) electrons. The van der Waals surface area contributed by atoms with Crippen molar-refractivity contribution in [1.29, 1.82) is 0 Å². The number of anilines is 1. The van der Waals surface area contributed by atoms with E-state index in [2.05, 4.69) is 15.5 Å². The average molecular weight is 450 g/mol. The second-order valence-corrected chi connectivity index (χ2v) is 7.65. The van der Waals surface area contributed by atoms with Gasteiger partial charge in [0.05, 0.1) is 19.5 Å². The fraction of sp³-hybridized carbons (Fsp3) is 0.174. The van der Waals surface area contributed by atoms with E-state index in [0.717, 1.165) is 17.1 Å². The zero-order chi connectivity index (χ0) is 22.3. The molecular formula is C23H23N5O3S. The first kappa shape index (κ1) is 21.5. The quantitative estimate of drug-likeness (QED) is 0.386. The van der Waals surface area contributed by atoms with Crippen molar-refractivity contribution in [1.82, 2.24) is 19.5 Å². The van der Waals surface area contributed by atoms with Crippen LogP contribution in [0.25, 0.3) is 11.4 Å². The van der Waals surface area contributed by atoms with E-state index in [1.165, 1.54) is 11.8 Å². The minimum absolute atomic E-state index is 0.135. The highest BCUT2D eigenvalue weighted by Gasteiger charge is 2.17. The van der Waals surface area contributed by atoms with Crippen LogP contribution in [0.1, 0.15) is 6.92 Å². The van der Waals surface area contributed by atoms with Crippen LogP contribution in [0.5, 0.6) is 11.5 Å². The van der Waals surface area contributed by atoms with Crippen molar-refractivity contribution in [3.8, 4) is 22.9 Å². The molecule has 0 fully saturated rings. The van der Waals surface area contributed by atoms with Gasteiger partial charge in [0.25, 0.3) is 0 Å². The molecule has 0 unspecified atom stereocenters. The van der Waals surface area contributed by atoms with Crippen molar-refractivity contribution < 1.29 is 14.3 Å². The minimum atomic E-state index is -0.135. The third kappa shape index (κ3) is 4.94. The van der Waals surface area contributed by atoms with Gasteiger partial charge in [-0.25, -0.2) is 4.68 Å². The number of aromatic nitrogens is 4. The van der Waals surface area contributed by atoms with Crippen molar-refractivity contribution in [3.05, 3.63) is 73.1 Å². The molecule has 0 bridgehead atoms. The third-order valence-corrected chi connectivity index (χ3v) is 5.46. The van der Waals surface area contributed by atoms with E-state index in [-0.39, 0.29) is 11.7 Å². The van der Waals surface area contributed by atoms with Crippen LogP contribution in [0.3, 0.4) is 0 Å². The van der Waals surface area contributed by atoms with Crippen LogP contribution in [-0.4, -0.2) is 44.9 Å². The van der Waals surface area contributed by atoms with Crippen molar-refractivity contribution in [2.75, 3.05) is 24.8 Å². The van der Waals surface area contributed by atoms with Crippen molar-refractivity contribution in [2.24, 2.45) is 0 Å². The van der Waals surface area contributed by atoms with Gasteiger partial charge in [0.15, 0.2) is 5.82 Å². The Hall–Kier alpha value is -3.72. The summed E-state index contributed by atoms with van der Waals surface area (Å²) in [4.78, 5) is 12.5. The van der Waals surface area contributed by atoms with Crippen LogP contribution in [0, 0.1) is 0 Å². The van der Waals surface area contributed by atoms with Gasteiger partial charge in [-0.1, -0.05) is 23.9 Å². The molecular weight excluding hydrogens is 426 g/mol. The molecule has 0 saturated heterocycles. The Morgan fingerprint density at radius 1 is 1.03 bits per heavy atom. The van der Waals surface area contributed by atoms with Gasteiger partial charge >= 0.3 is 0 Å². The number of ether oxygens (including phenoxy) is 2. The fourth-order valence-corrected chi connectivity index (χ4v) is 3.83. The van der Waals surface area contributed by atoms with E-state index in [0.29, 0.717) is 23.3 Å². The predicted molar refractivity (Wildman–Crippen MR) is 124 cm³/mol. The molecule has 8 nitrogen and oxygen atoms in total. The first-order valence-corrected chi connectivity index (χ1v) is 11.1. The topological polar surface area (TPSA) is 83.2 Å². The number of thioether (sulfide) groups is 1. The van der Waals surface area contributed by atoms with Crippen molar-refractivity contribution in [3.63, 3.8) is 0 Å².